The van der Waals surface area contributed by atoms with Gasteiger partial charge in [-0.1, -0.05) is 0 Å². The summed E-state index contributed by atoms with van der Waals surface area (Å²) in [6.45, 7) is 4.88. The van der Waals surface area contributed by atoms with Crippen LogP contribution in [0.3, 0.4) is 0 Å². The Hall–Kier alpha value is -1.43. The minimum atomic E-state index is -3.00. The number of rotatable bonds is 5. The topological polar surface area (TPSA) is 64.6 Å². The average Bonchev–Trinajstić information content (AvgIpc) is 2.38. The van der Waals surface area contributed by atoms with E-state index in [4.69, 9.17) is 9.47 Å². The maximum absolute atomic E-state index is 11.7. The van der Waals surface area contributed by atoms with Crippen molar-refractivity contribution in [2.24, 2.45) is 0 Å². The first-order valence-corrected chi connectivity index (χ1v) is 8.06. The Labute approximate surface area is 113 Å². The van der Waals surface area contributed by atoms with Crippen molar-refractivity contribution < 1.29 is 17.9 Å². The molecule has 0 aromatic heterocycles. The SMILES string of the molecule is CC(C)S(=O)(=O)CCNc1ccc2c(c1)OCCO2. The molecule has 0 spiro atoms. The van der Waals surface area contributed by atoms with Crippen LogP contribution >= 0.6 is 0 Å². The number of hydrogen-bond donors (Lipinski definition) is 1. The normalized spacial score (nSPS) is 14.5. The summed E-state index contributed by atoms with van der Waals surface area (Å²) in [7, 11) is -3.00. The van der Waals surface area contributed by atoms with Crippen LogP contribution in [0, 0.1) is 0 Å². The Bertz CT molecular complexity index is 540. The van der Waals surface area contributed by atoms with E-state index in [9.17, 15) is 8.42 Å². The van der Waals surface area contributed by atoms with E-state index in [2.05, 4.69) is 5.32 Å². The van der Waals surface area contributed by atoms with E-state index in [1.54, 1.807) is 13.8 Å². The van der Waals surface area contributed by atoms with Crippen LogP contribution in [0.25, 0.3) is 0 Å². The third-order valence-corrected chi connectivity index (χ3v) is 5.19. The lowest BCUT2D eigenvalue weighted by atomic mass is 10.2. The van der Waals surface area contributed by atoms with Crippen molar-refractivity contribution >= 4 is 15.5 Å². The number of nitrogens with one attached hydrogen (secondary N) is 1. The molecular weight excluding hydrogens is 266 g/mol. The van der Waals surface area contributed by atoms with Gasteiger partial charge in [0.2, 0.25) is 0 Å². The highest BCUT2D eigenvalue weighted by Gasteiger charge is 2.16. The van der Waals surface area contributed by atoms with Crippen LogP contribution in [0.4, 0.5) is 5.69 Å². The van der Waals surface area contributed by atoms with Crippen LogP contribution in [-0.4, -0.2) is 39.2 Å². The van der Waals surface area contributed by atoms with Crippen LogP contribution in [-0.2, 0) is 9.84 Å². The molecule has 1 heterocycles. The molecule has 0 atom stereocenters. The highest BCUT2D eigenvalue weighted by molar-refractivity contribution is 7.92. The van der Waals surface area contributed by atoms with Crippen molar-refractivity contribution in [1.29, 1.82) is 0 Å². The highest BCUT2D eigenvalue weighted by atomic mass is 32.2. The first-order chi connectivity index (χ1) is 8.99. The standard InChI is InChI=1S/C13H19NO4S/c1-10(2)19(15,16)8-5-14-11-3-4-12-13(9-11)18-7-6-17-12/h3-4,9-10,14H,5-8H2,1-2H3. The van der Waals surface area contributed by atoms with E-state index in [-0.39, 0.29) is 11.0 Å². The lowest BCUT2D eigenvalue weighted by molar-refractivity contribution is 0.171. The fraction of sp³-hybridized carbons (Fsp3) is 0.538. The molecule has 0 unspecified atom stereocenters. The third-order valence-electron chi connectivity index (χ3n) is 2.98. The van der Waals surface area contributed by atoms with Crippen LogP contribution < -0.4 is 14.8 Å². The summed E-state index contributed by atoms with van der Waals surface area (Å²) in [5, 5.41) is 2.75. The van der Waals surface area contributed by atoms with E-state index in [1.165, 1.54) is 0 Å². The van der Waals surface area contributed by atoms with Gasteiger partial charge in [-0.25, -0.2) is 8.42 Å². The Morgan fingerprint density at radius 3 is 2.58 bits per heavy atom. The van der Waals surface area contributed by atoms with Gasteiger partial charge < -0.3 is 14.8 Å². The van der Waals surface area contributed by atoms with Crippen molar-refractivity contribution in [3.8, 4) is 11.5 Å². The van der Waals surface area contributed by atoms with Crippen LogP contribution in [0.15, 0.2) is 18.2 Å². The van der Waals surface area contributed by atoms with Crippen LogP contribution in [0.1, 0.15) is 13.8 Å². The molecule has 1 aromatic carbocycles. The van der Waals surface area contributed by atoms with Crippen LogP contribution in [0.2, 0.25) is 0 Å². The van der Waals surface area contributed by atoms with Gasteiger partial charge in [0.15, 0.2) is 21.3 Å². The van der Waals surface area contributed by atoms with Gasteiger partial charge in [0.05, 0.1) is 11.0 Å². The Morgan fingerprint density at radius 1 is 1.21 bits per heavy atom. The molecule has 106 valence electrons. The molecule has 0 bridgehead atoms. The molecule has 0 amide bonds. The van der Waals surface area contributed by atoms with Gasteiger partial charge in [-0.15, -0.1) is 0 Å². The minimum Gasteiger partial charge on any atom is -0.486 e. The second-order valence-corrected chi connectivity index (χ2v) is 7.38. The Kier molecular flexibility index (Phi) is 4.19. The zero-order chi connectivity index (χ0) is 13.9. The van der Waals surface area contributed by atoms with Crippen molar-refractivity contribution in [3.63, 3.8) is 0 Å². The fourth-order valence-electron chi connectivity index (χ4n) is 1.73. The number of sulfone groups is 1. The van der Waals surface area contributed by atoms with Gasteiger partial charge in [-0.05, 0) is 26.0 Å². The van der Waals surface area contributed by atoms with Crippen LogP contribution in [0.5, 0.6) is 11.5 Å². The third kappa shape index (κ3) is 3.53. The van der Waals surface area contributed by atoms with Crippen molar-refractivity contribution in [2.45, 2.75) is 19.1 Å². The molecule has 6 heteroatoms. The van der Waals surface area contributed by atoms with E-state index in [0.29, 0.717) is 25.5 Å². The molecule has 5 nitrogen and oxygen atoms in total. The summed E-state index contributed by atoms with van der Waals surface area (Å²) in [5.41, 5.74) is 0.836. The molecule has 19 heavy (non-hydrogen) atoms. The van der Waals surface area contributed by atoms with Crippen molar-refractivity contribution in [2.75, 3.05) is 30.8 Å². The number of ether oxygens (including phenoxy) is 2. The molecule has 1 aromatic rings. The van der Waals surface area contributed by atoms with Crippen molar-refractivity contribution in [1.82, 2.24) is 0 Å². The summed E-state index contributed by atoms with van der Waals surface area (Å²) in [4.78, 5) is 0. The largest absolute Gasteiger partial charge is 0.486 e. The minimum absolute atomic E-state index is 0.124. The lowest BCUT2D eigenvalue weighted by Gasteiger charge is -2.19. The smallest absolute Gasteiger partial charge is 0.163 e. The van der Waals surface area contributed by atoms with Gasteiger partial charge >= 0.3 is 0 Å². The molecule has 2 rings (SSSR count). The summed E-state index contributed by atoms with van der Waals surface area (Å²) in [5.74, 6) is 1.55. The first-order valence-electron chi connectivity index (χ1n) is 6.34. The van der Waals surface area contributed by atoms with E-state index in [1.807, 2.05) is 18.2 Å². The van der Waals surface area contributed by atoms with E-state index in [0.717, 1.165) is 11.4 Å². The fourth-order valence-corrected chi connectivity index (χ4v) is 2.58. The molecule has 0 radical (unpaired) electrons. The number of anilines is 1. The second-order valence-electron chi connectivity index (χ2n) is 4.70. The Balaban J connectivity index is 1.94. The van der Waals surface area contributed by atoms with E-state index < -0.39 is 9.84 Å². The van der Waals surface area contributed by atoms with E-state index >= 15 is 0 Å². The molecule has 0 saturated carbocycles. The molecular formula is C13H19NO4S. The molecule has 0 saturated heterocycles. The summed E-state index contributed by atoms with van der Waals surface area (Å²) in [6, 6.07) is 5.51. The van der Waals surface area contributed by atoms with Gasteiger partial charge in [-0.2, -0.15) is 0 Å². The highest BCUT2D eigenvalue weighted by Crippen LogP contribution is 2.32. The predicted octanol–water partition coefficient (Wildman–Crippen LogP) is 1.69. The molecule has 1 N–H and O–H groups in total. The lowest BCUT2D eigenvalue weighted by Crippen LogP contribution is -2.23. The zero-order valence-corrected chi connectivity index (χ0v) is 12.0. The molecule has 1 aliphatic heterocycles. The predicted molar refractivity (Wildman–Crippen MR) is 74.8 cm³/mol. The molecule has 0 fully saturated rings. The first kappa shape index (κ1) is 14.0. The number of hydrogen-bond acceptors (Lipinski definition) is 5. The van der Waals surface area contributed by atoms with Gasteiger partial charge in [0.1, 0.15) is 13.2 Å². The summed E-state index contributed by atoms with van der Waals surface area (Å²) >= 11 is 0. The van der Waals surface area contributed by atoms with Gasteiger partial charge in [0.25, 0.3) is 0 Å². The van der Waals surface area contributed by atoms with Gasteiger partial charge in [0, 0.05) is 18.3 Å². The number of fused-ring (bicyclic) bond motifs is 1. The van der Waals surface area contributed by atoms with Crippen molar-refractivity contribution in [3.05, 3.63) is 18.2 Å². The summed E-state index contributed by atoms with van der Waals surface area (Å²) < 4.78 is 34.2. The zero-order valence-electron chi connectivity index (χ0n) is 11.2. The Morgan fingerprint density at radius 2 is 1.89 bits per heavy atom. The number of benzene rings is 1. The average molecular weight is 285 g/mol. The maximum Gasteiger partial charge on any atom is 0.163 e. The summed E-state index contributed by atoms with van der Waals surface area (Å²) in [6.07, 6.45) is 0. The maximum atomic E-state index is 11.7. The monoisotopic (exact) mass is 285 g/mol. The molecule has 0 aliphatic carbocycles. The quantitative estimate of drug-likeness (QED) is 0.892. The second kappa shape index (κ2) is 5.69. The van der Waals surface area contributed by atoms with Gasteiger partial charge in [-0.3, -0.25) is 0 Å². The molecule has 1 aliphatic rings.